The molecule has 0 spiro atoms. The molecule has 164 valence electrons. The zero-order chi connectivity index (χ0) is 21.7. The number of hydrogen-bond acceptors (Lipinski definition) is 6. The highest BCUT2D eigenvalue weighted by Crippen LogP contribution is 2.28. The zero-order valence-electron chi connectivity index (χ0n) is 17.7. The van der Waals surface area contributed by atoms with Crippen molar-refractivity contribution in [2.24, 2.45) is 0 Å². The largest absolute Gasteiger partial charge is 0.378 e. The number of hydrogen-bond donors (Lipinski definition) is 0. The van der Waals surface area contributed by atoms with Crippen LogP contribution in [0.4, 0.5) is 10.1 Å². The van der Waals surface area contributed by atoms with Crippen molar-refractivity contribution in [2.45, 2.75) is 51.9 Å². The lowest BCUT2D eigenvalue weighted by atomic mass is 9.98. The van der Waals surface area contributed by atoms with E-state index in [4.69, 9.17) is 4.74 Å². The monoisotopic (exact) mass is 420 g/mol. The summed E-state index contributed by atoms with van der Waals surface area (Å²) in [7, 11) is 1.61. The first-order valence-corrected chi connectivity index (χ1v) is 10.3. The van der Waals surface area contributed by atoms with Crippen LogP contribution in [-0.4, -0.2) is 69.5 Å². The van der Waals surface area contributed by atoms with Crippen LogP contribution in [0.2, 0.25) is 0 Å². The predicted octanol–water partition coefficient (Wildman–Crippen LogP) is 1.13. The van der Waals surface area contributed by atoms with Crippen LogP contribution in [0.5, 0.6) is 0 Å². The highest BCUT2D eigenvalue weighted by atomic mass is 19.1. The fourth-order valence-corrected chi connectivity index (χ4v) is 3.89. The van der Waals surface area contributed by atoms with Crippen molar-refractivity contribution in [3.8, 4) is 0 Å². The van der Waals surface area contributed by atoms with Crippen LogP contribution in [0.3, 0.4) is 0 Å². The predicted molar refractivity (Wildman–Crippen MR) is 110 cm³/mol. The highest BCUT2D eigenvalue weighted by Gasteiger charge is 2.37. The van der Waals surface area contributed by atoms with E-state index >= 15 is 0 Å². The number of rotatable bonds is 8. The average Bonchev–Trinajstić information content (AvgIpc) is 3.13. The minimum Gasteiger partial charge on any atom is -0.378 e. The van der Waals surface area contributed by atoms with Gasteiger partial charge < -0.3 is 9.64 Å². The number of ether oxygens (including phenoxy) is 1. The molecule has 0 radical (unpaired) electrons. The number of aromatic nitrogens is 4. The minimum absolute atomic E-state index is 0.136. The molecule has 1 amide bonds. The number of amides is 1. The first-order chi connectivity index (χ1) is 14.5. The summed E-state index contributed by atoms with van der Waals surface area (Å²) in [6.45, 7) is 6.39. The van der Waals surface area contributed by atoms with E-state index in [2.05, 4.69) is 15.3 Å². The molecule has 1 aromatic carbocycles. The number of methoxy groups -OCH3 is 1. The van der Waals surface area contributed by atoms with Gasteiger partial charge >= 0.3 is 5.69 Å². The second-order valence-corrected chi connectivity index (χ2v) is 7.30. The smallest absolute Gasteiger partial charge is 0.363 e. The van der Waals surface area contributed by atoms with Crippen LogP contribution < -0.4 is 10.6 Å². The molecule has 2 unspecified atom stereocenters. The lowest BCUT2D eigenvalue weighted by Gasteiger charge is -2.43. The molecule has 1 saturated heterocycles. The number of carbonyl (C=O) groups excluding carboxylic acids is 1. The van der Waals surface area contributed by atoms with E-state index in [1.54, 1.807) is 37.1 Å². The first-order valence-electron chi connectivity index (χ1n) is 10.3. The van der Waals surface area contributed by atoms with Gasteiger partial charge in [-0.25, -0.2) is 9.18 Å². The molecule has 0 N–H and O–H groups in total. The van der Waals surface area contributed by atoms with Crippen molar-refractivity contribution >= 4 is 11.6 Å². The molecular weight excluding hydrogens is 391 g/mol. The molecule has 1 aromatic heterocycles. The summed E-state index contributed by atoms with van der Waals surface area (Å²) in [5, 5.41) is 7.73. The third-order valence-electron chi connectivity index (χ3n) is 5.55. The van der Waals surface area contributed by atoms with Gasteiger partial charge in [0.25, 0.3) is 0 Å². The van der Waals surface area contributed by atoms with Crippen LogP contribution in [0.25, 0.3) is 0 Å². The van der Waals surface area contributed by atoms with Crippen molar-refractivity contribution in [3.05, 3.63) is 40.6 Å². The van der Waals surface area contributed by atoms with Crippen molar-refractivity contribution in [2.75, 3.05) is 31.6 Å². The van der Waals surface area contributed by atoms with Crippen LogP contribution >= 0.6 is 0 Å². The quantitative estimate of drug-likeness (QED) is 0.637. The zero-order valence-corrected chi connectivity index (χ0v) is 17.7. The summed E-state index contributed by atoms with van der Waals surface area (Å²) in [5.41, 5.74) is 0.0579. The standard InChI is InChI=1S/C20H29FN6O3/c1-4-19(28)27(16-9-7-6-8-15(16)21)17-10-11-24(14-18(17)30-3)12-13-26-20(29)25(5-2)22-23-26/h6-9,17-18H,4-5,10-14H2,1-3H3. The van der Waals surface area contributed by atoms with Gasteiger partial charge in [-0.3, -0.25) is 9.69 Å². The molecule has 2 aromatic rings. The van der Waals surface area contributed by atoms with Gasteiger partial charge in [0.1, 0.15) is 5.82 Å². The normalized spacial score (nSPS) is 19.7. The highest BCUT2D eigenvalue weighted by molar-refractivity contribution is 5.94. The van der Waals surface area contributed by atoms with E-state index in [9.17, 15) is 14.0 Å². The van der Waals surface area contributed by atoms with Gasteiger partial charge in [-0.2, -0.15) is 9.36 Å². The van der Waals surface area contributed by atoms with E-state index < -0.39 is 5.82 Å². The number of likely N-dealkylation sites (tertiary alicyclic amines) is 1. The number of aryl methyl sites for hydroxylation is 1. The molecule has 9 nitrogen and oxygen atoms in total. The lowest BCUT2D eigenvalue weighted by molar-refractivity contribution is -0.120. The molecule has 3 rings (SSSR count). The van der Waals surface area contributed by atoms with E-state index in [-0.39, 0.29) is 35.9 Å². The van der Waals surface area contributed by atoms with Crippen molar-refractivity contribution in [1.29, 1.82) is 0 Å². The molecule has 0 saturated carbocycles. The summed E-state index contributed by atoms with van der Waals surface area (Å²) >= 11 is 0. The van der Waals surface area contributed by atoms with E-state index in [0.717, 1.165) is 0 Å². The fraction of sp³-hybridized carbons (Fsp3) is 0.600. The summed E-state index contributed by atoms with van der Waals surface area (Å²) in [4.78, 5) is 28.5. The fourth-order valence-electron chi connectivity index (χ4n) is 3.89. The molecule has 10 heteroatoms. The maximum atomic E-state index is 14.5. The molecular formula is C20H29FN6O3. The molecule has 0 aliphatic carbocycles. The molecule has 1 aliphatic heterocycles. The topological polar surface area (TPSA) is 85.5 Å². The maximum Gasteiger partial charge on any atom is 0.363 e. The molecule has 0 bridgehead atoms. The average molecular weight is 420 g/mol. The Labute approximate surface area is 175 Å². The second kappa shape index (κ2) is 9.94. The number of piperidine rings is 1. The van der Waals surface area contributed by atoms with Gasteiger partial charge in [-0.15, -0.1) is 0 Å². The summed E-state index contributed by atoms with van der Waals surface area (Å²) < 4.78 is 22.9. The summed E-state index contributed by atoms with van der Waals surface area (Å²) in [6, 6.07) is 6.07. The third kappa shape index (κ3) is 4.59. The Morgan fingerprint density at radius 3 is 2.60 bits per heavy atom. The molecule has 2 atom stereocenters. The van der Waals surface area contributed by atoms with Crippen molar-refractivity contribution in [3.63, 3.8) is 0 Å². The van der Waals surface area contributed by atoms with E-state index in [1.165, 1.54) is 15.4 Å². The molecule has 1 aliphatic rings. The Hall–Kier alpha value is -2.59. The molecule has 30 heavy (non-hydrogen) atoms. The number of para-hydroxylation sites is 1. The Morgan fingerprint density at radius 1 is 1.23 bits per heavy atom. The Balaban J connectivity index is 1.72. The Bertz CT molecular complexity index is 914. The summed E-state index contributed by atoms with van der Waals surface area (Å²) in [5.74, 6) is -0.557. The number of benzene rings is 1. The maximum absolute atomic E-state index is 14.5. The lowest BCUT2D eigenvalue weighted by Crippen LogP contribution is -2.57. The number of tetrazole rings is 1. The molecule has 2 heterocycles. The van der Waals surface area contributed by atoms with E-state index in [0.29, 0.717) is 39.1 Å². The number of carbonyl (C=O) groups is 1. The van der Waals surface area contributed by atoms with Crippen molar-refractivity contribution < 1.29 is 13.9 Å². The van der Waals surface area contributed by atoms with Gasteiger partial charge in [-0.1, -0.05) is 19.1 Å². The second-order valence-electron chi connectivity index (χ2n) is 7.30. The van der Waals surface area contributed by atoms with Crippen LogP contribution in [0.1, 0.15) is 26.7 Å². The van der Waals surface area contributed by atoms with Crippen LogP contribution in [0, 0.1) is 5.82 Å². The van der Waals surface area contributed by atoms with Gasteiger partial charge in [0, 0.05) is 39.7 Å². The summed E-state index contributed by atoms with van der Waals surface area (Å²) in [6.07, 6.45) is 0.632. The Kier molecular flexibility index (Phi) is 7.33. The SMILES string of the molecule is CCC(=O)N(c1ccccc1F)C1CCN(CCn2nnn(CC)c2=O)CC1OC. The van der Waals surface area contributed by atoms with Gasteiger partial charge in [0.15, 0.2) is 0 Å². The minimum atomic E-state index is -0.421. The van der Waals surface area contributed by atoms with Gasteiger partial charge in [0.2, 0.25) is 5.91 Å². The van der Waals surface area contributed by atoms with E-state index in [1.807, 2.05) is 6.92 Å². The number of anilines is 1. The van der Waals surface area contributed by atoms with Gasteiger partial charge in [-0.05, 0) is 35.9 Å². The molecule has 1 fully saturated rings. The van der Waals surface area contributed by atoms with Crippen LogP contribution in [-0.2, 0) is 22.6 Å². The third-order valence-corrected chi connectivity index (χ3v) is 5.55. The first kappa shape index (κ1) is 22.1. The number of nitrogens with zero attached hydrogens (tertiary/aromatic N) is 6. The Morgan fingerprint density at radius 2 is 1.97 bits per heavy atom. The number of halogens is 1. The van der Waals surface area contributed by atoms with Crippen LogP contribution in [0.15, 0.2) is 29.1 Å². The van der Waals surface area contributed by atoms with Crippen molar-refractivity contribution in [1.82, 2.24) is 24.7 Å². The van der Waals surface area contributed by atoms with Gasteiger partial charge in [0.05, 0.1) is 24.4 Å².